The zero-order valence-electron chi connectivity index (χ0n) is 15.5. The third-order valence-corrected chi connectivity index (χ3v) is 6.15. The van der Waals surface area contributed by atoms with E-state index in [1.165, 1.54) is 6.04 Å². The Morgan fingerprint density at radius 1 is 1.15 bits per heavy atom. The first kappa shape index (κ1) is 18.9. The van der Waals surface area contributed by atoms with Crippen molar-refractivity contribution in [2.45, 2.75) is 38.0 Å². The highest BCUT2D eigenvalue weighted by Gasteiger charge is 2.14. The first-order valence-electron chi connectivity index (χ1n) is 8.75. The van der Waals surface area contributed by atoms with Gasteiger partial charge in [0.05, 0.1) is 6.20 Å². The summed E-state index contributed by atoms with van der Waals surface area (Å²) < 4.78 is 7.59. The van der Waals surface area contributed by atoms with E-state index in [-0.39, 0.29) is 0 Å². The highest BCUT2D eigenvalue weighted by Crippen LogP contribution is 2.26. The van der Waals surface area contributed by atoms with Gasteiger partial charge in [-0.2, -0.15) is 5.10 Å². The molecule has 7 heteroatoms. The van der Waals surface area contributed by atoms with Gasteiger partial charge >= 0.3 is 0 Å². The van der Waals surface area contributed by atoms with Crippen molar-refractivity contribution in [1.29, 1.82) is 0 Å². The molecule has 5 nitrogen and oxygen atoms in total. The lowest BCUT2D eigenvalue weighted by Gasteiger charge is -2.25. The summed E-state index contributed by atoms with van der Waals surface area (Å²) in [5.74, 6) is 0. The fourth-order valence-corrected chi connectivity index (χ4v) is 3.55. The molecule has 0 fully saturated rings. The number of halogens is 1. The number of aromatic nitrogens is 2. The first-order chi connectivity index (χ1) is 12.4. The van der Waals surface area contributed by atoms with Crippen molar-refractivity contribution in [3.63, 3.8) is 0 Å². The Balaban J connectivity index is 1.59. The topological polar surface area (TPSA) is 42.6 Å². The maximum atomic E-state index is 6.22. The number of rotatable bonds is 7. The van der Waals surface area contributed by atoms with Crippen LogP contribution in [0.3, 0.4) is 0 Å². The van der Waals surface area contributed by atoms with Gasteiger partial charge in [-0.3, -0.25) is 4.99 Å². The van der Waals surface area contributed by atoms with Gasteiger partial charge in [0.2, 0.25) is 5.62 Å². The summed E-state index contributed by atoms with van der Waals surface area (Å²) in [4.78, 5) is 6.09. The van der Waals surface area contributed by atoms with E-state index in [4.69, 9.17) is 16.3 Å². The molecule has 0 spiro atoms. The van der Waals surface area contributed by atoms with Gasteiger partial charge in [0.1, 0.15) is 6.73 Å². The number of allylic oxidation sites excluding steroid dienone is 1. The zero-order chi connectivity index (χ0) is 18.6. The van der Waals surface area contributed by atoms with E-state index in [1.807, 2.05) is 46.4 Å². The molecule has 2 aromatic rings. The SMILES string of the molecule is C[Si](C)(C)CCOCn1cc(-c2ccc(N3C=CC=NC3Cl)cc2)cn1. The molecule has 1 unspecified atom stereocenters. The summed E-state index contributed by atoms with van der Waals surface area (Å²) in [6.45, 7) is 8.34. The molecule has 0 saturated heterocycles. The van der Waals surface area contributed by atoms with Crippen LogP contribution in [-0.4, -0.2) is 36.3 Å². The molecule has 0 saturated carbocycles. The summed E-state index contributed by atoms with van der Waals surface area (Å²) in [6, 6.07) is 9.38. The summed E-state index contributed by atoms with van der Waals surface area (Å²) >= 11 is 6.22. The Labute approximate surface area is 161 Å². The molecule has 1 aliphatic heterocycles. The average molecular weight is 389 g/mol. The molecule has 138 valence electrons. The lowest BCUT2D eigenvalue weighted by molar-refractivity contribution is 0.0786. The van der Waals surface area contributed by atoms with Crippen molar-refractivity contribution >= 4 is 31.6 Å². The van der Waals surface area contributed by atoms with Crippen LogP contribution in [0, 0.1) is 0 Å². The van der Waals surface area contributed by atoms with Gasteiger partial charge in [-0.15, -0.1) is 0 Å². The number of aliphatic imine (C=N–C) groups is 1. The van der Waals surface area contributed by atoms with Crippen LogP contribution in [0.1, 0.15) is 0 Å². The molecule has 1 atom stereocenters. The quantitative estimate of drug-likeness (QED) is 0.296. The number of nitrogens with zero attached hydrogens (tertiary/aromatic N) is 4. The second-order valence-corrected chi connectivity index (χ2v) is 13.5. The molecule has 0 bridgehead atoms. The fourth-order valence-electron chi connectivity index (χ4n) is 2.55. The van der Waals surface area contributed by atoms with E-state index >= 15 is 0 Å². The van der Waals surface area contributed by atoms with Crippen LogP contribution in [0.25, 0.3) is 11.1 Å². The molecule has 0 N–H and O–H groups in total. The van der Waals surface area contributed by atoms with Gasteiger partial charge in [-0.1, -0.05) is 43.4 Å². The molecule has 0 radical (unpaired) electrons. The third-order valence-electron chi connectivity index (χ3n) is 4.12. The maximum Gasteiger partial charge on any atom is 0.201 e. The second-order valence-electron chi connectivity index (χ2n) is 7.52. The molecule has 26 heavy (non-hydrogen) atoms. The average Bonchev–Trinajstić information content (AvgIpc) is 3.08. The number of alkyl halides is 1. The number of anilines is 1. The van der Waals surface area contributed by atoms with E-state index < -0.39 is 13.7 Å². The lowest BCUT2D eigenvalue weighted by Crippen LogP contribution is -2.25. The van der Waals surface area contributed by atoms with Crippen molar-refractivity contribution in [1.82, 2.24) is 9.78 Å². The molecule has 1 aliphatic rings. The Morgan fingerprint density at radius 3 is 2.62 bits per heavy atom. The van der Waals surface area contributed by atoms with Gasteiger partial charge < -0.3 is 9.64 Å². The summed E-state index contributed by atoms with van der Waals surface area (Å²) in [7, 11) is -1.05. The van der Waals surface area contributed by atoms with Gasteiger partial charge in [-0.25, -0.2) is 4.68 Å². The van der Waals surface area contributed by atoms with Gasteiger partial charge in [-0.05, 0) is 29.8 Å². The van der Waals surface area contributed by atoms with E-state index in [0.29, 0.717) is 6.73 Å². The van der Waals surface area contributed by atoms with Crippen LogP contribution in [0.4, 0.5) is 5.69 Å². The second kappa shape index (κ2) is 8.20. The monoisotopic (exact) mass is 388 g/mol. The van der Waals surface area contributed by atoms with Gasteiger partial charge in [0.15, 0.2) is 0 Å². The number of hydrogen-bond donors (Lipinski definition) is 0. The molecule has 1 aromatic heterocycles. The Morgan fingerprint density at radius 2 is 1.92 bits per heavy atom. The fraction of sp³-hybridized carbons (Fsp3) is 0.368. The minimum atomic E-state index is -1.05. The molecule has 0 amide bonds. The molecular formula is C19H25ClN4OSi. The van der Waals surface area contributed by atoms with E-state index in [0.717, 1.165) is 23.4 Å². The smallest absolute Gasteiger partial charge is 0.201 e. The van der Waals surface area contributed by atoms with E-state index in [9.17, 15) is 0 Å². The largest absolute Gasteiger partial charge is 0.360 e. The minimum absolute atomic E-state index is 0.401. The van der Waals surface area contributed by atoms with Crippen LogP contribution < -0.4 is 4.90 Å². The predicted octanol–water partition coefficient (Wildman–Crippen LogP) is 4.79. The zero-order valence-corrected chi connectivity index (χ0v) is 17.2. The normalized spacial score (nSPS) is 17.1. The van der Waals surface area contributed by atoms with Crippen LogP contribution in [0.15, 0.2) is 53.9 Å². The molecule has 3 rings (SSSR count). The molecule has 2 heterocycles. The Bertz CT molecular complexity index is 780. The van der Waals surface area contributed by atoms with Crippen LogP contribution >= 0.6 is 11.6 Å². The minimum Gasteiger partial charge on any atom is -0.360 e. The van der Waals surface area contributed by atoms with E-state index in [2.05, 4.69) is 41.9 Å². The third kappa shape index (κ3) is 5.06. The summed E-state index contributed by atoms with van der Waals surface area (Å²) in [5.41, 5.74) is 2.78. The van der Waals surface area contributed by atoms with Crippen LogP contribution in [-0.2, 0) is 11.5 Å². The van der Waals surface area contributed by atoms with Crippen molar-refractivity contribution < 1.29 is 4.74 Å². The standard InChI is InChI=1S/C19H25ClN4OSi/c1-26(2,3)12-11-25-15-23-14-17(13-22-23)16-5-7-18(8-6-16)24-10-4-9-21-19(24)20/h4-10,13-14,19H,11-12,15H2,1-3H3. The van der Waals surface area contributed by atoms with Gasteiger partial charge in [0.25, 0.3) is 0 Å². The van der Waals surface area contributed by atoms with Crippen LogP contribution in [0.2, 0.25) is 25.7 Å². The van der Waals surface area contributed by atoms with E-state index in [1.54, 1.807) is 6.21 Å². The van der Waals surface area contributed by atoms with Crippen molar-refractivity contribution in [3.05, 3.63) is 48.9 Å². The number of ether oxygens (including phenoxy) is 1. The summed E-state index contributed by atoms with van der Waals surface area (Å²) in [6.07, 6.45) is 9.39. The molecule has 1 aromatic carbocycles. The summed E-state index contributed by atoms with van der Waals surface area (Å²) in [5, 5.41) is 4.39. The number of benzene rings is 1. The lowest BCUT2D eigenvalue weighted by atomic mass is 10.1. The Kier molecular flexibility index (Phi) is 5.96. The maximum absolute atomic E-state index is 6.22. The van der Waals surface area contributed by atoms with Crippen molar-refractivity contribution in [2.75, 3.05) is 11.5 Å². The van der Waals surface area contributed by atoms with Crippen LogP contribution in [0.5, 0.6) is 0 Å². The van der Waals surface area contributed by atoms with Crippen molar-refractivity contribution in [2.24, 2.45) is 4.99 Å². The molecule has 0 aliphatic carbocycles. The molecular weight excluding hydrogens is 364 g/mol. The highest BCUT2D eigenvalue weighted by molar-refractivity contribution is 6.76. The van der Waals surface area contributed by atoms with Crippen molar-refractivity contribution in [3.8, 4) is 11.1 Å². The number of hydrogen-bond acceptors (Lipinski definition) is 4. The highest BCUT2D eigenvalue weighted by atomic mass is 35.5. The predicted molar refractivity (Wildman–Crippen MR) is 112 cm³/mol. The first-order valence-corrected chi connectivity index (χ1v) is 12.9. The Hall–Kier alpha value is -1.89. The van der Waals surface area contributed by atoms with Gasteiger partial charge in [0, 0.05) is 44.5 Å².